The third kappa shape index (κ3) is 5.81. The molecular weight excluding hydrogens is 340 g/mol. The quantitative estimate of drug-likeness (QED) is 0.851. The summed E-state index contributed by atoms with van der Waals surface area (Å²) >= 11 is 0. The molecule has 1 aliphatic heterocycles. The minimum absolute atomic E-state index is 0.0404. The second kappa shape index (κ2) is 9.71. The second-order valence-corrected chi connectivity index (χ2v) is 6.77. The van der Waals surface area contributed by atoms with Crippen LogP contribution in [0.4, 0.5) is 10.5 Å². The number of carbonyl (C=O) groups is 2. The number of aromatic nitrogens is 1. The first kappa shape index (κ1) is 18.9. The Balaban J connectivity index is 1.52. The molecule has 0 radical (unpaired) electrons. The van der Waals surface area contributed by atoms with Gasteiger partial charge < -0.3 is 15.5 Å². The average Bonchev–Trinajstić information content (AvgIpc) is 2.98. The average molecular weight is 366 g/mol. The molecule has 27 heavy (non-hydrogen) atoms. The van der Waals surface area contributed by atoms with E-state index in [-0.39, 0.29) is 11.9 Å². The van der Waals surface area contributed by atoms with Crippen molar-refractivity contribution in [3.05, 3.63) is 59.9 Å². The molecule has 1 aliphatic rings. The maximum atomic E-state index is 12.7. The molecule has 2 N–H and O–H groups in total. The molecule has 2 heterocycles. The Hall–Kier alpha value is -2.89. The van der Waals surface area contributed by atoms with Crippen LogP contribution in [0.3, 0.4) is 0 Å². The Morgan fingerprint density at radius 2 is 1.74 bits per heavy atom. The minimum Gasteiger partial charge on any atom is -0.339 e. The normalized spacial score (nSPS) is 14.3. The first-order chi connectivity index (χ1) is 13.2. The van der Waals surface area contributed by atoms with Crippen LogP contribution in [0.25, 0.3) is 0 Å². The lowest BCUT2D eigenvalue weighted by molar-refractivity contribution is 0.0761. The summed E-state index contributed by atoms with van der Waals surface area (Å²) in [5.74, 6) is 0.0404. The summed E-state index contributed by atoms with van der Waals surface area (Å²) in [5, 5.41) is 5.64. The maximum absolute atomic E-state index is 12.7. The van der Waals surface area contributed by atoms with Gasteiger partial charge in [-0.15, -0.1) is 0 Å². The van der Waals surface area contributed by atoms with E-state index in [0.717, 1.165) is 37.9 Å². The summed E-state index contributed by atoms with van der Waals surface area (Å²) in [6.07, 6.45) is 8.71. The van der Waals surface area contributed by atoms with Gasteiger partial charge in [0.1, 0.15) is 0 Å². The van der Waals surface area contributed by atoms with Crippen molar-refractivity contribution in [2.45, 2.75) is 32.1 Å². The van der Waals surface area contributed by atoms with E-state index < -0.39 is 0 Å². The Morgan fingerprint density at radius 3 is 2.48 bits per heavy atom. The number of rotatable bonds is 5. The molecule has 1 fully saturated rings. The number of pyridine rings is 1. The molecule has 0 bridgehead atoms. The van der Waals surface area contributed by atoms with Crippen molar-refractivity contribution in [3.63, 3.8) is 0 Å². The predicted molar refractivity (Wildman–Crippen MR) is 106 cm³/mol. The van der Waals surface area contributed by atoms with Gasteiger partial charge in [-0.05, 0) is 55.2 Å². The van der Waals surface area contributed by atoms with Crippen LogP contribution in [0.2, 0.25) is 0 Å². The van der Waals surface area contributed by atoms with Gasteiger partial charge in [-0.3, -0.25) is 9.78 Å². The Kier molecular flexibility index (Phi) is 6.79. The summed E-state index contributed by atoms with van der Waals surface area (Å²) < 4.78 is 0. The number of hydrogen-bond acceptors (Lipinski definition) is 3. The summed E-state index contributed by atoms with van der Waals surface area (Å²) in [5.41, 5.74) is 2.36. The van der Waals surface area contributed by atoms with E-state index in [0.29, 0.717) is 17.8 Å². The van der Waals surface area contributed by atoms with Gasteiger partial charge in [0, 0.05) is 43.3 Å². The third-order valence-electron chi connectivity index (χ3n) is 4.71. The number of likely N-dealkylation sites (tertiary alicyclic amines) is 1. The number of benzene rings is 1. The lowest BCUT2D eigenvalue weighted by atomic mass is 10.1. The molecule has 0 unspecified atom stereocenters. The van der Waals surface area contributed by atoms with Crippen LogP contribution in [0.5, 0.6) is 0 Å². The fourth-order valence-corrected chi connectivity index (χ4v) is 3.23. The SMILES string of the molecule is O=C(NCCc1ccncc1)Nc1cccc(C(=O)N2CCCCCC2)c1. The van der Waals surface area contributed by atoms with Gasteiger partial charge in [-0.1, -0.05) is 18.9 Å². The number of amides is 3. The van der Waals surface area contributed by atoms with E-state index in [2.05, 4.69) is 15.6 Å². The van der Waals surface area contributed by atoms with Crippen molar-refractivity contribution < 1.29 is 9.59 Å². The molecule has 3 rings (SSSR count). The molecule has 0 spiro atoms. The summed E-state index contributed by atoms with van der Waals surface area (Å²) in [6, 6.07) is 10.7. The standard InChI is InChI=1S/C21H26N4O2/c26-20(25-14-3-1-2-4-15-25)18-6-5-7-19(16-18)24-21(27)23-13-10-17-8-11-22-12-9-17/h5-9,11-12,16H,1-4,10,13-15H2,(H2,23,24,27). The van der Waals surface area contributed by atoms with E-state index >= 15 is 0 Å². The van der Waals surface area contributed by atoms with Crippen molar-refractivity contribution >= 4 is 17.6 Å². The lowest BCUT2D eigenvalue weighted by Crippen LogP contribution is -2.32. The van der Waals surface area contributed by atoms with Crippen LogP contribution in [0, 0.1) is 0 Å². The van der Waals surface area contributed by atoms with Gasteiger partial charge in [0.05, 0.1) is 0 Å². The van der Waals surface area contributed by atoms with E-state index in [1.54, 1.807) is 36.7 Å². The smallest absolute Gasteiger partial charge is 0.319 e. The van der Waals surface area contributed by atoms with E-state index in [4.69, 9.17) is 0 Å². The fraction of sp³-hybridized carbons (Fsp3) is 0.381. The van der Waals surface area contributed by atoms with Crippen molar-refractivity contribution in [1.29, 1.82) is 0 Å². The molecule has 0 saturated carbocycles. The van der Waals surface area contributed by atoms with Crippen LogP contribution < -0.4 is 10.6 Å². The first-order valence-corrected chi connectivity index (χ1v) is 9.55. The van der Waals surface area contributed by atoms with Crippen LogP contribution in [0.15, 0.2) is 48.8 Å². The highest BCUT2D eigenvalue weighted by Gasteiger charge is 2.17. The minimum atomic E-state index is -0.275. The number of hydrogen-bond donors (Lipinski definition) is 2. The van der Waals surface area contributed by atoms with Gasteiger partial charge in [0.2, 0.25) is 0 Å². The topological polar surface area (TPSA) is 74.3 Å². The fourth-order valence-electron chi connectivity index (χ4n) is 3.23. The molecule has 3 amide bonds. The molecule has 0 aliphatic carbocycles. The van der Waals surface area contributed by atoms with Crippen molar-refractivity contribution in [2.24, 2.45) is 0 Å². The molecule has 6 heteroatoms. The van der Waals surface area contributed by atoms with Gasteiger partial charge in [-0.25, -0.2) is 4.79 Å². The molecule has 0 atom stereocenters. The predicted octanol–water partition coefficient (Wildman–Crippen LogP) is 3.46. The van der Waals surface area contributed by atoms with Gasteiger partial charge in [-0.2, -0.15) is 0 Å². The van der Waals surface area contributed by atoms with Gasteiger partial charge >= 0.3 is 6.03 Å². The number of nitrogens with one attached hydrogen (secondary N) is 2. The lowest BCUT2D eigenvalue weighted by Gasteiger charge is -2.20. The highest BCUT2D eigenvalue weighted by molar-refractivity contribution is 5.96. The van der Waals surface area contributed by atoms with Crippen LogP contribution >= 0.6 is 0 Å². The Labute approximate surface area is 160 Å². The molecule has 1 saturated heterocycles. The molecular formula is C21H26N4O2. The van der Waals surface area contributed by atoms with Crippen molar-refractivity contribution in [2.75, 3.05) is 25.0 Å². The number of anilines is 1. The number of nitrogens with zero attached hydrogens (tertiary/aromatic N) is 2. The molecule has 1 aromatic heterocycles. The molecule has 1 aromatic carbocycles. The third-order valence-corrected chi connectivity index (χ3v) is 4.71. The largest absolute Gasteiger partial charge is 0.339 e. The number of urea groups is 1. The zero-order valence-corrected chi connectivity index (χ0v) is 15.5. The second-order valence-electron chi connectivity index (χ2n) is 6.77. The van der Waals surface area contributed by atoms with Crippen molar-refractivity contribution in [1.82, 2.24) is 15.2 Å². The molecule has 2 aromatic rings. The zero-order valence-electron chi connectivity index (χ0n) is 15.5. The summed E-state index contributed by atoms with van der Waals surface area (Å²) in [6.45, 7) is 2.15. The monoisotopic (exact) mass is 366 g/mol. The van der Waals surface area contributed by atoms with Crippen molar-refractivity contribution in [3.8, 4) is 0 Å². The first-order valence-electron chi connectivity index (χ1n) is 9.55. The highest BCUT2D eigenvalue weighted by atomic mass is 16.2. The van der Waals surface area contributed by atoms with Gasteiger partial charge in [0.25, 0.3) is 5.91 Å². The number of carbonyl (C=O) groups excluding carboxylic acids is 2. The van der Waals surface area contributed by atoms with Crippen LogP contribution in [0.1, 0.15) is 41.6 Å². The Morgan fingerprint density at radius 1 is 1.00 bits per heavy atom. The van der Waals surface area contributed by atoms with Crippen LogP contribution in [-0.4, -0.2) is 41.5 Å². The molecule has 142 valence electrons. The van der Waals surface area contributed by atoms with E-state index in [9.17, 15) is 9.59 Å². The van der Waals surface area contributed by atoms with Gasteiger partial charge in [0.15, 0.2) is 0 Å². The summed E-state index contributed by atoms with van der Waals surface area (Å²) in [4.78, 5) is 30.7. The highest BCUT2D eigenvalue weighted by Crippen LogP contribution is 2.16. The zero-order chi connectivity index (χ0) is 18.9. The van der Waals surface area contributed by atoms with E-state index in [1.807, 2.05) is 17.0 Å². The Bertz CT molecular complexity index is 756. The maximum Gasteiger partial charge on any atom is 0.319 e. The van der Waals surface area contributed by atoms with E-state index in [1.165, 1.54) is 12.8 Å². The summed E-state index contributed by atoms with van der Waals surface area (Å²) in [7, 11) is 0. The molecule has 6 nitrogen and oxygen atoms in total. The van der Waals surface area contributed by atoms with Crippen LogP contribution in [-0.2, 0) is 6.42 Å².